The minimum absolute atomic E-state index is 0.151. The van der Waals surface area contributed by atoms with Crippen molar-refractivity contribution >= 4 is 24.1 Å². The summed E-state index contributed by atoms with van der Waals surface area (Å²) in [4.78, 5) is 32.7. The number of nitrogens with zero attached hydrogens (tertiary/aromatic N) is 1. The summed E-state index contributed by atoms with van der Waals surface area (Å²) in [6, 6.07) is 11.4. The van der Waals surface area contributed by atoms with Gasteiger partial charge in [-0.2, -0.15) is 0 Å². The van der Waals surface area contributed by atoms with Gasteiger partial charge in [0, 0.05) is 24.2 Å². The van der Waals surface area contributed by atoms with Crippen LogP contribution in [0.4, 0.5) is 10.5 Å². The number of alkyl carbamates (subject to hydrolysis) is 1. The van der Waals surface area contributed by atoms with E-state index in [2.05, 4.69) is 5.32 Å². The molecular weight excluding hydrogens is 352 g/mol. The van der Waals surface area contributed by atoms with Gasteiger partial charge in [-0.25, -0.2) is 4.79 Å². The van der Waals surface area contributed by atoms with Gasteiger partial charge in [-0.05, 0) is 12.0 Å². The van der Waals surface area contributed by atoms with E-state index in [1.165, 1.54) is 12.1 Å². The standard InChI is InChI=1S/C19H18N2O6/c22-12-16-11-17(21(25)26)10-15(18(16)23)8-4-5-9-20-19(24)27-13-14-6-2-1-3-7-14/h1-4,6-8,10-12,23H,5,9,13H2,(H,20,24). The molecule has 0 fully saturated rings. The molecule has 0 atom stereocenters. The molecule has 2 aromatic carbocycles. The van der Waals surface area contributed by atoms with Crippen molar-refractivity contribution in [3.8, 4) is 5.75 Å². The first-order valence-corrected chi connectivity index (χ1v) is 8.09. The Balaban J connectivity index is 1.83. The summed E-state index contributed by atoms with van der Waals surface area (Å²) in [6.07, 6.45) is 3.26. The summed E-state index contributed by atoms with van der Waals surface area (Å²) in [7, 11) is 0. The summed E-state index contributed by atoms with van der Waals surface area (Å²) in [6.45, 7) is 0.443. The molecule has 8 heteroatoms. The van der Waals surface area contributed by atoms with Crippen LogP contribution in [0.15, 0.2) is 48.5 Å². The zero-order chi connectivity index (χ0) is 19.6. The SMILES string of the molecule is O=Cc1cc([N+](=O)[O-])cc(C=CCCNC(=O)OCc2ccccc2)c1O. The predicted octanol–water partition coefficient (Wildman–Crippen LogP) is 3.44. The second kappa shape index (κ2) is 9.71. The number of nitrogens with one attached hydrogen (secondary N) is 1. The maximum absolute atomic E-state index is 11.6. The molecule has 0 saturated heterocycles. The average molecular weight is 370 g/mol. The lowest BCUT2D eigenvalue weighted by atomic mass is 10.1. The van der Waals surface area contributed by atoms with Crippen molar-refractivity contribution in [2.24, 2.45) is 0 Å². The molecule has 2 rings (SSSR count). The highest BCUT2D eigenvalue weighted by Gasteiger charge is 2.14. The van der Waals surface area contributed by atoms with Crippen LogP contribution in [0.2, 0.25) is 0 Å². The van der Waals surface area contributed by atoms with Gasteiger partial charge in [0.2, 0.25) is 0 Å². The third kappa shape index (κ3) is 5.96. The lowest BCUT2D eigenvalue weighted by Crippen LogP contribution is -2.24. The Morgan fingerprint density at radius 1 is 1.22 bits per heavy atom. The maximum atomic E-state index is 11.6. The highest BCUT2D eigenvalue weighted by Crippen LogP contribution is 2.28. The molecule has 1 amide bonds. The van der Waals surface area contributed by atoms with Gasteiger partial charge in [0.1, 0.15) is 12.4 Å². The van der Waals surface area contributed by atoms with E-state index in [-0.39, 0.29) is 35.7 Å². The van der Waals surface area contributed by atoms with Crippen LogP contribution >= 0.6 is 0 Å². The Hall–Kier alpha value is -3.68. The molecule has 0 bridgehead atoms. The summed E-state index contributed by atoms with van der Waals surface area (Å²) >= 11 is 0. The number of carbonyl (C=O) groups excluding carboxylic acids is 2. The summed E-state index contributed by atoms with van der Waals surface area (Å²) < 4.78 is 5.06. The molecule has 0 unspecified atom stereocenters. The lowest BCUT2D eigenvalue weighted by Gasteiger charge is -2.06. The number of nitro benzene ring substituents is 1. The van der Waals surface area contributed by atoms with E-state index in [0.29, 0.717) is 12.7 Å². The van der Waals surface area contributed by atoms with Gasteiger partial charge in [0.15, 0.2) is 6.29 Å². The molecule has 0 aliphatic carbocycles. The second-order valence-electron chi connectivity index (χ2n) is 5.53. The Labute approximate surface area is 155 Å². The monoisotopic (exact) mass is 370 g/mol. The molecule has 27 heavy (non-hydrogen) atoms. The third-order valence-corrected chi connectivity index (χ3v) is 3.58. The Morgan fingerprint density at radius 3 is 2.59 bits per heavy atom. The van der Waals surface area contributed by atoms with Crippen LogP contribution in [-0.2, 0) is 11.3 Å². The topological polar surface area (TPSA) is 119 Å². The molecule has 0 saturated carbocycles. The Morgan fingerprint density at radius 2 is 1.93 bits per heavy atom. The molecule has 0 aliphatic rings. The van der Waals surface area contributed by atoms with Crippen LogP contribution in [0.3, 0.4) is 0 Å². The van der Waals surface area contributed by atoms with Crippen LogP contribution in [0, 0.1) is 10.1 Å². The Kier molecular flexibility index (Phi) is 7.07. The van der Waals surface area contributed by atoms with E-state index in [1.54, 1.807) is 6.08 Å². The van der Waals surface area contributed by atoms with E-state index < -0.39 is 11.0 Å². The minimum Gasteiger partial charge on any atom is -0.507 e. The molecular formula is C19H18N2O6. The molecule has 0 spiro atoms. The lowest BCUT2D eigenvalue weighted by molar-refractivity contribution is -0.384. The van der Waals surface area contributed by atoms with Gasteiger partial charge < -0.3 is 15.2 Å². The fourth-order valence-corrected chi connectivity index (χ4v) is 2.23. The van der Waals surface area contributed by atoms with Crippen LogP contribution in [0.25, 0.3) is 6.08 Å². The van der Waals surface area contributed by atoms with Gasteiger partial charge in [-0.1, -0.05) is 42.5 Å². The number of phenolic OH excluding ortho intramolecular Hbond substituents is 1. The predicted molar refractivity (Wildman–Crippen MR) is 98.4 cm³/mol. The first-order chi connectivity index (χ1) is 13.0. The van der Waals surface area contributed by atoms with E-state index in [0.717, 1.165) is 11.6 Å². The van der Waals surface area contributed by atoms with Gasteiger partial charge in [0.25, 0.3) is 5.69 Å². The quantitative estimate of drug-likeness (QED) is 0.318. The molecule has 140 valence electrons. The van der Waals surface area contributed by atoms with Crippen molar-refractivity contribution in [3.05, 3.63) is 75.3 Å². The van der Waals surface area contributed by atoms with Gasteiger partial charge in [0.05, 0.1) is 10.5 Å². The molecule has 0 aromatic heterocycles. The molecule has 0 radical (unpaired) electrons. The van der Waals surface area contributed by atoms with Gasteiger partial charge in [-0.3, -0.25) is 14.9 Å². The van der Waals surface area contributed by atoms with Crippen molar-refractivity contribution in [1.29, 1.82) is 0 Å². The van der Waals surface area contributed by atoms with Crippen molar-refractivity contribution < 1.29 is 24.4 Å². The van der Waals surface area contributed by atoms with E-state index in [4.69, 9.17) is 4.74 Å². The zero-order valence-electron chi connectivity index (χ0n) is 14.3. The highest BCUT2D eigenvalue weighted by molar-refractivity contribution is 5.84. The number of benzene rings is 2. The molecule has 2 aromatic rings. The number of amides is 1. The number of non-ortho nitro benzene ring substituents is 1. The van der Waals surface area contributed by atoms with Crippen LogP contribution in [-0.4, -0.2) is 29.0 Å². The number of carbonyl (C=O) groups is 2. The first kappa shape index (κ1) is 19.6. The number of nitro groups is 1. The average Bonchev–Trinajstić information content (AvgIpc) is 2.67. The number of aromatic hydroxyl groups is 1. The Bertz CT molecular complexity index is 849. The maximum Gasteiger partial charge on any atom is 0.407 e. The number of phenols is 1. The highest BCUT2D eigenvalue weighted by atomic mass is 16.6. The second-order valence-corrected chi connectivity index (χ2v) is 5.53. The van der Waals surface area contributed by atoms with E-state index in [9.17, 15) is 24.8 Å². The third-order valence-electron chi connectivity index (χ3n) is 3.58. The normalized spacial score (nSPS) is 10.5. The smallest absolute Gasteiger partial charge is 0.407 e. The van der Waals surface area contributed by atoms with Crippen molar-refractivity contribution in [1.82, 2.24) is 5.32 Å². The fraction of sp³-hybridized carbons (Fsp3) is 0.158. The largest absolute Gasteiger partial charge is 0.507 e. The number of rotatable bonds is 8. The molecule has 0 heterocycles. The van der Waals surface area contributed by atoms with Crippen LogP contribution in [0.1, 0.15) is 27.9 Å². The number of hydrogen-bond acceptors (Lipinski definition) is 6. The first-order valence-electron chi connectivity index (χ1n) is 8.09. The zero-order valence-corrected chi connectivity index (χ0v) is 14.3. The molecule has 0 aliphatic heterocycles. The number of aldehydes is 1. The van der Waals surface area contributed by atoms with Crippen molar-refractivity contribution in [2.75, 3.05) is 6.54 Å². The van der Waals surface area contributed by atoms with Crippen molar-refractivity contribution in [3.63, 3.8) is 0 Å². The summed E-state index contributed by atoms with van der Waals surface area (Å²) in [5.74, 6) is -0.331. The summed E-state index contributed by atoms with van der Waals surface area (Å²) in [5, 5.41) is 23.4. The van der Waals surface area contributed by atoms with Crippen molar-refractivity contribution in [2.45, 2.75) is 13.0 Å². The number of hydrogen-bond donors (Lipinski definition) is 2. The van der Waals surface area contributed by atoms with Crippen LogP contribution < -0.4 is 5.32 Å². The fourth-order valence-electron chi connectivity index (χ4n) is 2.23. The summed E-state index contributed by atoms with van der Waals surface area (Å²) in [5.41, 5.74) is 0.571. The molecule has 8 nitrogen and oxygen atoms in total. The van der Waals surface area contributed by atoms with Gasteiger partial charge >= 0.3 is 6.09 Å². The molecule has 2 N–H and O–H groups in total. The number of ether oxygens (including phenoxy) is 1. The van der Waals surface area contributed by atoms with Crippen LogP contribution in [0.5, 0.6) is 5.75 Å². The van der Waals surface area contributed by atoms with E-state index in [1.807, 2.05) is 30.3 Å². The van der Waals surface area contributed by atoms with E-state index >= 15 is 0 Å². The minimum atomic E-state index is -0.645. The van der Waals surface area contributed by atoms with Gasteiger partial charge in [-0.15, -0.1) is 0 Å².